The van der Waals surface area contributed by atoms with Gasteiger partial charge in [0, 0.05) is 24.4 Å². The minimum atomic E-state index is 1.03. The van der Waals surface area contributed by atoms with E-state index in [-0.39, 0.29) is 0 Å². The molecule has 0 saturated carbocycles. The lowest BCUT2D eigenvalue weighted by atomic mass is 10.0. The lowest BCUT2D eigenvalue weighted by Crippen LogP contribution is -2.56. The molecule has 1 aliphatic heterocycles. The Bertz CT molecular complexity index is 813. The Morgan fingerprint density at radius 3 is 2.73 bits per heavy atom. The van der Waals surface area contributed by atoms with E-state index in [1.165, 1.54) is 52.9 Å². The van der Waals surface area contributed by atoms with Gasteiger partial charge in [-0.2, -0.15) is 0 Å². The summed E-state index contributed by atoms with van der Waals surface area (Å²) in [5.74, 6) is 0. The van der Waals surface area contributed by atoms with Gasteiger partial charge in [-0.05, 0) is 36.2 Å². The van der Waals surface area contributed by atoms with Gasteiger partial charge in [0.15, 0.2) is 5.69 Å². The number of hydrogen-bond acceptors (Lipinski definition) is 1. The molecular formula is C19H22N3+. The Morgan fingerprint density at radius 1 is 1.23 bits per heavy atom. The molecular weight excluding hydrogens is 270 g/mol. The van der Waals surface area contributed by atoms with Crippen molar-refractivity contribution < 1.29 is 0 Å². The van der Waals surface area contributed by atoms with Crippen molar-refractivity contribution >= 4 is 16.6 Å². The largest absolute Gasteiger partial charge is 0.349 e. The maximum Gasteiger partial charge on any atom is 0.166 e. The van der Waals surface area contributed by atoms with E-state index in [0.29, 0.717) is 0 Å². The smallest absolute Gasteiger partial charge is 0.166 e. The third kappa shape index (κ3) is 1.97. The van der Waals surface area contributed by atoms with Crippen LogP contribution in [0, 0.1) is 0 Å². The summed E-state index contributed by atoms with van der Waals surface area (Å²) in [4.78, 5) is 7.96. The van der Waals surface area contributed by atoms with E-state index in [2.05, 4.69) is 48.2 Å². The van der Waals surface area contributed by atoms with Crippen LogP contribution in [0.3, 0.4) is 0 Å². The predicted molar refractivity (Wildman–Crippen MR) is 93.0 cm³/mol. The van der Waals surface area contributed by atoms with Crippen molar-refractivity contribution in [1.82, 2.24) is 14.5 Å². The molecule has 0 radical (unpaired) electrons. The monoisotopic (exact) mass is 292 g/mol. The number of rotatable bonds is 3. The van der Waals surface area contributed by atoms with Crippen LogP contribution in [0.1, 0.15) is 18.9 Å². The Kier molecular flexibility index (Phi) is 3.05. The lowest BCUT2D eigenvalue weighted by Gasteiger charge is -2.41. The number of fused-ring (bicyclic) bond motifs is 1. The third-order valence-electron chi connectivity index (χ3n) is 5.04. The van der Waals surface area contributed by atoms with Gasteiger partial charge in [-0.25, -0.2) is 0 Å². The summed E-state index contributed by atoms with van der Waals surface area (Å²) in [6.45, 7) is 4.66. The third-order valence-corrected chi connectivity index (χ3v) is 5.04. The van der Waals surface area contributed by atoms with Gasteiger partial charge in [-0.1, -0.05) is 13.0 Å². The first-order valence-electron chi connectivity index (χ1n) is 8.11. The van der Waals surface area contributed by atoms with Crippen molar-refractivity contribution in [2.24, 2.45) is 0 Å². The molecule has 3 aromatic rings. The van der Waals surface area contributed by atoms with Gasteiger partial charge in [-0.3, -0.25) is 9.47 Å². The molecule has 4 rings (SSSR count). The van der Waals surface area contributed by atoms with Crippen LogP contribution in [0.2, 0.25) is 0 Å². The van der Waals surface area contributed by atoms with E-state index >= 15 is 0 Å². The highest BCUT2D eigenvalue weighted by Gasteiger charge is 2.38. The normalized spacial score (nSPS) is 16.6. The number of aryl methyl sites for hydroxylation is 1. The van der Waals surface area contributed by atoms with Crippen molar-refractivity contribution in [3.05, 3.63) is 48.3 Å². The van der Waals surface area contributed by atoms with E-state index in [4.69, 9.17) is 0 Å². The van der Waals surface area contributed by atoms with Gasteiger partial charge < -0.3 is 4.98 Å². The van der Waals surface area contributed by atoms with E-state index in [1.807, 2.05) is 18.5 Å². The number of nitrogens with zero attached hydrogens (tertiary/aromatic N) is 2. The second-order valence-corrected chi connectivity index (χ2v) is 6.52. The molecule has 0 atom stereocenters. The molecule has 112 valence electrons. The molecule has 1 aromatic carbocycles. The van der Waals surface area contributed by atoms with Gasteiger partial charge in [-0.15, -0.1) is 0 Å². The molecule has 0 spiro atoms. The second kappa shape index (κ2) is 4.96. The van der Waals surface area contributed by atoms with E-state index < -0.39 is 0 Å². The van der Waals surface area contributed by atoms with Crippen LogP contribution in [-0.2, 0) is 6.42 Å². The molecule has 3 heterocycles. The summed E-state index contributed by atoms with van der Waals surface area (Å²) in [6, 6.07) is 11.0. The molecule has 1 fully saturated rings. The average molecular weight is 292 g/mol. The minimum absolute atomic E-state index is 1.03. The zero-order valence-corrected chi connectivity index (χ0v) is 13.3. The summed E-state index contributed by atoms with van der Waals surface area (Å²) in [6.07, 6.45) is 6.18. The van der Waals surface area contributed by atoms with Crippen molar-refractivity contribution in [2.45, 2.75) is 19.8 Å². The first-order valence-corrected chi connectivity index (χ1v) is 8.11. The zero-order valence-electron chi connectivity index (χ0n) is 13.3. The number of benzene rings is 1. The van der Waals surface area contributed by atoms with Crippen LogP contribution in [0.25, 0.3) is 22.2 Å². The average Bonchev–Trinajstić information content (AvgIpc) is 2.92. The van der Waals surface area contributed by atoms with Crippen molar-refractivity contribution in [3.63, 3.8) is 0 Å². The highest BCUT2D eigenvalue weighted by molar-refractivity contribution is 6.01. The summed E-state index contributed by atoms with van der Waals surface area (Å²) in [5, 5.41) is 1.38. The van der Waals surface area contributed by atoms with Crippen LogP contribution in [0.5, 0.6) is 0 Å². The van der Waals surface area contributed by atoms with Crippen LogP contribution >= 0.6 is 0 Å². The molecule has 1 saturated heterocycles. The summed E-state index contributed by atoms with van der Waals surface area (Å²) in [5.41, 5.74) is 6.48. The SMILES string of the molecule is CCc1ccc2[nH]c(-c3cccnc3)c([N+]3(C)CCC3)c2c1. The quantitative estimate of drug-likeness (QED) is 0.722. The Morgan fingerprint density at radius 2 is 2.09 bits per heavy atom. The molecule has 3 nitrogen and oxygen atoms in total. The molecule has 0 amide bonds. The Hall–Kier alpha value is -2.13. The number of nitrogens with one attached hydrogen (secondary N) is 1. The fourth-order valence-corrected chi connectivity index (χ4v) is 3.58. The number of H-pyrrole nitrogens is 1. The van der Waals surface area contributed by atoms with Crippen LogP contribution in [0.15, 0.2) is 42.7 Å². The van der Waals surface area contributed by atoms with E-state index in [1.54, 1.807) is 0 Å². The van der Waals surface area contributed by atoms with E-state index in [0.717, 1.165) is 10.9 Å². The molecule has 0 aliphatic carbocycles. The van der Waals surface area contributed by atoms with Crippen molar-refractivity contribution in [2.75, 3.05) is 20.1 Å². The highest BCUT2D eigenvalue weighted by atomic mass is 15.4. The molecule has 0 bridgehead atoms. The van der Waals surface area contributed by atoms with Crippen molar-refractivity contribution in [1.29, 1.82) is 0 Å². The standard InChI is InChI=1S/C19H22N3/c1-3-14-7-8-17-16(12-14)19(22(2)10-5-11-22)18(21-17)15-6-4-9-20-13-15/h4,6-9,12-13,21H,3,5,10-11H2,1-2H3/q+1. The Labute approximate surface area is 131 Å². The molecule has 2 aromatic heterocycles. The lowest BCUT2D eigenvalue weighted by molar-refractivity contribution is 0.231. The number of quaternary nitrogens is 1. The van der Waals surface area contributed by atoms with Gasteiger partial charge in [0.1, 0.15) is 5.69 Å². The predicted octanol–water partition coefficient (Wildman–Crippen LogP) is 4.13. The first kappa shape index (κ1) is 13.5. The van der Waals surface area contributed by atoms with E-state index in [9.17, 15) is 0 Å². The number of pyridine rings is 1. The zero-order chi connectivity index (χ0) is 15.2. The number of hydrogen-bond donors (Lipinski definition) is 1. The van der Waals surface area contributed by atoms with Crippen LogP contribution < -0.4 is 4.48 Å². The fourth-order valence-electron chi connectivity index (χ4n) is 3.58. The molecule has 22 heavy (non-hydrogen) atoms. The maximum absolute atomic E-state index is 4.31. The number of aromatic nitrogens is 2. The number of aromatic amines is 1. The summed E-state index contributed by atoms with van der Waals surface area (Å²) >= 11 is 0. The molecule has 3 heteroatoms. The van der Waals surface area contributed by atoms with Crippen LogP contribution in [-0.4, -0.2) is 30.1 Å². The molecule has 0 unspecified atom stereocenters. The van der Waals surface area contributed by atoms with Gasteiger partial charge in [0.25, 0.3) is 0 Å². The summed E-state index contributed by atoms with van der Waals surface area (Å²) < 4.78 is 1.03. The molecule has 1 N–H and O–H groups in total. The minimum Gasteiger partial charge on any atom is -0.349 e. The summed E-state index contributed by atoms with van der Waals surface area (Å²) in [7, 11) is 2.35. The number of likely N-dealkylation sites (tertiary alicyclic amines) is 1. The maximum atomic E-state index is 4.31. The first-order chi connectivity index (χ1) is 10.7. The second-order valence-electron chi connectivity index (χ2n) is 6.52. The molecule has 1 aliphatic rings. The van der Waals surface area contributed by atoms with Crippen LogP contribution in [0.4, 0.5) is 5.69 Å². The van der Waals surface area contributed by atoms with Gasteiger partial charge >= 0.3 is 0 Å². The fraction of sp³-hybridized carbons (Fsp3) is 0.316. The van der Waals surface area contributed by atoms with Gasteiger partial charge in [0.2, 0.25) is 0 Å². The van der Waals surface area contributed by atoms with Gasteiger partial charge in [0.05, 0.1) is 31.0 Å². The Balaban J connectivity index is 2.01. The highest BCUT2D eigenvalue weighted by Crippen LogP contribution is 2.43. The topological polar surface area (TPSA) is 28.7 Å². The van der Waals surface area contributed by atoms with Crippen molar-refractivity contribution in [3.8, 4) is 11.3 Å².